The van der Waals surface area contributed by atoms with Gasteiger partial charge in [0.2, 0.25) is 15.9 Å². The highest BCUT2D eigenvalue weighted by Crippen LogP contribution is 2.22. The molecule has 1 saturated heterocycles. The van der Waals surface area contributed by atoms with Gasteiger partial charge in [0.15, 0.2) is 0 Å². The molecule has 22 heavy (non-hydrogen) atoms. The number of nitro groups is 1. The van der Waals surface area contributed by atoms with E-state index in [4.69, 9.17) is 0 Å². The highest BCUT2D eigenvalue weighted by atomic mass is 32.2. The van der Waals surface area contributed by atoms with E-state index in [1.165, 1.54) is 28.6 Å². The summed E-state index contributed by atoms with van der Waals surface area (Å²) in [4.78, 5) is 22.5. The second-order valence-electron chi connectivity index (χ2n) is 5.18. The smallest absolute Gasteiger partial charge is 0.271 e. The monoisotopic (exact) mass is 327 g/mol. The van der Waals surface area contributed by atoms with Crippen LogP contribution in [-0.4, -0.2) is 42.4 Å². The first-order chi connectivity index (χ1) is 10.3. The molecule has 1 aromatic carbocycles. The summed E-state index contributed by atoms with van der Waals surface area (Å²) in [5.74, 6) is -0.467. The lowest BCUT2D eigenvalue weighted by molar-refractivity contribution is -0.384. The van der Waals surface area contributed by atoms with Gasteiger partial charge in [0.1, 0.15) is 6.04 Å². The van der Waals surface area contributed by atoms with Crippen molar-refractivity contribution in [3.05, 3.63) is 34.4 Å². The molecule has 1 fully saturated rings. The summed E-state index contributed by atoms with van der Waals surface area (Å²) in [5.41, 5.74) is 0.139. The molecule has 2 rings (SSSR count). The number of nitrogens with zero attached hydrogens (tertiary/aromatic N) is 2. The Morgan fingerprint density at radius 3 is 2.77 bits per heavy atom. The summed E-state index contributed by atoms with van der Waals surface area (Å²) >= 11 is 0. The van der Waals surface area contributed by atoms with Crippen LogP contribution in [-0.2, 0) is 14.8 Å². The zero-order valence-corrected chi connectivity index (χ0v) is 12.9. The second kappa shape index (κ2) is 6.41. The topological polar surface area (TPSA) is 110 Å². The van der Waals surface area contributed by atoms with Crippen LogP contribution in [0.3, 0.4) is 0 Å². The van der Waals surface area contributed by atoms with Crippen molar-refractivity contribution < 1.29 is 18.1 Å². The zero-order chi connectivity index (χ0) is 16.3. The SMILES string of the molecule is CS(=O)(=O)N1CCCCC1C(=O)Nc1cccc([N+](=O)[O-])c1. The lowest BCUT2D eigenvalue weighted by Gasteiger charge is -2.32. The normalized spacial score (nSPS) is 19.6. The van der Waals surface area contributed by atoms with E-state index >= 15 is 0 Å². The van der Waals surface area contributed by atoms with Crippen molar-refractivity contribution in [2.45, 2.75) is 25.3 Å². The van der Waals surface area contributed by atoms with E-state index in [0.29, 0.717) is 19.4 Å². The average molecular weight is 327 g/mol. The molecule has 0 radical (unpaired) electrons. The Morgan fingerprint density at radius 1 is 1.41 bits per heavy atom. The lowest BCUT2D eigenvalue weighted by atomic mass is 10.0. The minimum atomic E-state index is -3.47. The first-order valence-electron chi connectivity index (χ1n) is 6.81. The Bertz CT molecular complexity index is 689. The van der Waals surface area contributed by atoms with Crippen molar-refractivity contribution in [2.24, 2.45) is 0 Å². The summed E-state index contributed by atoms with van der Waals surface area (Å²) in [5, 5.41) is 13.3. The predicted molar refractivity (Wildman–Crippen MR) is 80.9 cm³/mol. The number of benzene rings is 1. The molecular weight excluding hydrogens is 310 g/mol. The van der Waals surface area contributed by atoms with Crippen molar-refractivity contribution in [2.75, 3.05) is 18.1 Å². The number of non-ortho nitro benzene ring substituents is 1. The molecule has 0 aliphatic carbocycles. The van der Waals surface area contributed by atoms with Gasteiger partial charge in [-0.05, 0) is 18.9 Å². The number of sulfonamides is 1. The largest absolute Gasteiger partial charge is 0.324 e. The van der Waals surface area contributed by atoms with Crippen molar-refractivity contribution in [1.29, 1.82) is 0 Å². The van der Waals surface area contributed by atoms with E-state index in [0.717, 1.165) is 12.7 Å². The van der Waals surface area contributed by atoms with Gasteiger partial charge in [-0.1, -0.05) is 12.5 Å². The molecule has 1 aliphatic heterocycles. The highest BCUT2D eigenvalue weighted by molar-refractivity contribution is 7.88. The van der Waals surface area contributed by atoms with Crippen LogP contribution in [0.2, 0.25) is 0 Å². The van der Waals surface area contributed by atoms with Crippen LogP contribution in [0.4, 0.5) is 11.4 Å². The van der Waals surface area contributed by atoms with Crippen LogP contribution >= 0.6 is 0 Å². The number of amides is 1. The number of carbonyl (C=O) groups is 1. The van der Waals surface area contributed by atoms with Gasteiger partial charge >= 0.3 is 0 Å². The van der Waals surface area contributed by atoms with Gasteiger partial charge in [-0.25, -0.2) is 8.42 Å². The molecule has 1 amide bonds. The molecule has 120 valence electrons. The Kier molecular flexibility index (Phi) is 4.77. The fourth-order valence-corrected chi connectivity index (χ4v) is 3.61. The summed E-state index contributed by atoms with van der Waals surface area (Å²) < 4.78 is 24.7. The number of hydrogen-bond donors (Lipinski definition) is 1. The molecule has 1 atom stereocenters. The number of nitro benzene ring substituents is 1. The van der Waals surface area contributed by atoms with E-state index < -0.39 is 26.9 Å². The molecule has 0 aromatic heterocycles. The summed E-state index contributed by atoms with van der Waals surface area (Å²) in [6, 6.07) is 4.77. The van der Waals surface area contributed by atoms with E-state index in [1.54, 1.807) is 0 Å². The molecule has 0 saturated carbocycles. The van der Waals surface area contributed by atoms with E-state index in [-0.39, 0.29) is 11.4 Å². The Morgan fingerprint density at radius 2 is 2.14 bits per heavy atom. The maximum atomic E-state index is 12.3. The molecule has 9 heteroatoms. The Hall–Kier alpha value is -2.00. The maximum Gasteiger partial charge on any atom is 0.271 e. The summed E-state index contributed by atoms with van der Waals surface area (Å²) in [6.45, 7) is 0.311. The van der Waals surface area contributed by atoms with Crippen LogP contribution in [0, 0.1) is 10.1 Å². The number of hydrogen-bond acceptors (Lipinski definition) is 5. The number of rotatable bonds is 4. The Labute approximate surface area is 128 Å². The minimum absolute atomic E-state index is 0.138. The zero-order valence-electron chi connectivity index (χ0n) is 12.1. The summed E-state index contributed by atoms with van der Waals surface area (Å²) in [7, 11) is -3.47. The molecule has 1 aliphatic rings. The van der Waals surface area contributed by atoms with E-state index in [1.807, 2.05) is 0 Å². The van der Waals surface area contributed by atoms with Crippen LogP contribution in [0.25, 0.3) is 0 Å². The molecule has 1 heterocycles. The van der Waals surface area contributed by atoms with Gasteiger partial charge in [0, 0.05) is 24.4 Å². The third kappa shape index (κ3) is 3.80. The van der Waals surface area contributed by atoms with Gasteiger partial charge in [0.05, 0.1) is 11.2 Å². The van der Waals surface area contributed by atoms with E-state index in [9.17, 15) is 23.3 Å². The van der Waals surface area contributed by atoms with Gasteiger partial charge < -0.3 is 5.32 Å². The van der Waals surface area contributed by atoms with Crippen LogP contribution in [0.1, 0.15) is 19.3 Å². The first-order valence-corrected chi connectivity index (χ1v) is 8.66. The van der Waals surface area contributed by atoms with Gasteiger partial charge in [-0.2, -0.15) is 4.31 Å². The molecule has 8 nitrogen and oxygen atoms in total. The standard InChI is InChI=1S/C13H17N3O5S/c1-22(20,21)15-8-3-2-7-12(15)13(17)14-10-5-4-6-11(9-10)16(18)19/h4-6,9,12H,2-3,7-8H2,1H3,(H,14,17). The van der Waals surface area contributed by atoms with Crippen LogP contribution in [0.15, 0.2) is 24.3 Å². The molecule has 1 aromatic rings. The van der Waals surface area contributed by atoms with Crippen LogP contribution < -0.4 is 5.32 Å². The van der Waals surface area contributed by atoms with Crippen LogP contribution in [0.5, 0.6) is 0 Å². The third-order valence-electron chi connectivity index (χ3n) is 3.51. The number of carbonyl (C=O) groups excluding carboxylic acids is 1. The molecular formula is C13H17N3O5S. The van der Waals surface area contributed by atoms with Crippen molar-refractivity contribution in [1.82, 2.24) is 4.31 Å². The second-order valence-corrected chi connectivity index (χ2v) is 7.12. The van der Waals surface area contributed by atoms with Gasteiger partial charge in [0.25, 0.3) is 5.69 Å². The number of piperidine rings is 1. The maximum absolute atomic E-state index is 12.3. The predicted octanol–water partition coefficient (Wildman–Crippen LogP) is 1.35. The number of nitrogens with one attached hydrogen (secondary N) is 1. The molecule has 1 unspecified atom stereocenters. The average Bonchev–Trinajstić information content (AvgIpc) is 2.46. The van der Waals surface area contributed by atoms with Crippen molar-refractivity contribution in [3.8, 4) is 0 Å². The fourth-order valence-electron chi connectivity index (χ4n) is 2.49. The summed E-state index contributed by atoms with van der Waals surface area (Å²) in [6.07, 6.45) is 2.99. The number of anilines is 1. The molecule has 0 bridgehead atoms. The fraction of sp³-hybridized carbons (Fsp3) is 0.462. The first kappa shape index (κ1) is 16.4. The quantitative estimate of drug-likeness (QED) is 0.663. The molecule has 0 spiro atoms. The molecule has 1 N–H and O–H groups in total. The van der Waals surface area contributed by atoms with Crippen molar-refractivity contribution in [3.63, 3.8) is 0 Å². The van der Waals surface area contributed by atoms with Crippen molar-refractivity contribution >= 4 is 27.3 Å². The lowest BCUT2D eigenvalue weighted by Crippen LogP contribution is -2.49. The van der Waals surface area contributed by atoms with E-state index in [2.05, 4.69) is 5.32 Å². The minimum Gasteiger partial charge on any atom is -0.324 e. The third-order valence-corrected chi connectivity index (χ3v) is 4.80. The van der Waals surface area contributed by atoms with Gasteiger partial charge in [-0.3, -0.25) is 14.9 Å². The Balaban J connectivity index is 2.17. The highest BCUT2D eigenvalue weighted by Gasteiger charge is 2.34. The van der Waals surface area contributed by atoms with Gasteiger partial charge in [-0.15, -0.1) is 0 Å².